The van der Waals surface area contributed by atoms with E-state index < -0.39 is 5.41 Å². The van der Waals surface area contributed by atoms with Crippen molar-refractivity contribution in [3.05, 3.63) is 225 Å². The van der Waals surface area contributed by atoms with Crippen LogP contribution in [0.4, 0.5) is 34.1 Å². The highest BCUT2D eigenvalue weighted by Gasteiger charge is 2.53. The van der Waals surface area contributed by atoms with Gasteiger partial charge in [0.05, 0.1) is 16.8 Å². The van der Waals surface area contributed by atoms with E-state index in [4.69, 9.17) is 0 Å². The van der Waals surface area contributed by atoms with Gasteiger partial charge in [-0.1, -0.05) is 151 Å². The molecule has 8 aromatic carbocycles. The van der Waals surface area contributed by atoms with Crippen LogP contribution < -0.4 is 9.80 Å². The van der Waals surface area contributed by atoms with Crippen LogP contribution in [0.15, 0.2) is 170 Å². The molecule has 2 nitrogen and oxygen atoms in total. The van der Waals surface area contributed by atoms with Crippen LogP contribution in [0.25, 0.3) is 22.3 Å². The van der Waals surface area contributed by atoms with Crippen LogP contribution in [-0.4, -0.2) is 0 Å². The zero-order valence-corrected chi connectivity index (χ0v) is 36.0. The molecule has 296 valence electrons. The van der Waals surface area contributed by atoms with E-state index in [0.29, 0.717) is 0 Å². The number of benzene rings is 8. The fraction of sp³-hybridized carbons (Fsp3) is 0.186. The Morgan fingerprint density at radius 2 is 0.721 bits per heavy atom. The summed E-state index contributed by atoms with van der Waals surface area (Å²) in [5.41, 5.74) is 26.1. The van der Waals surface area contributed by atoms with Crippen LogP contribution in [0.3, 0.4) is 0 Å². The molecule has 0 amide bonds. The van der Waals surface area contributed by atoms with E-state index >= 15 is 0 Å². The molecular weight excluding hydrogens is 737 g/mol. The van der Waals surface area contributed by atoms with Gasteiger partial charge in [0.25, 0.3) is 0 Å². The molecule has 0 aromatic heterocycles. The monoisotopic (exact) mass is 786 g/mol. The summed E-state index contributed by atoms with van der Waals surface area (Å²) in [6, 6.07) is 65.2. The Balaban J connectivity index is 1.16. The lowest BCUT2D eigenvalue weighted by Gasteiger charge is -2.37. The SMILES string of the molecule is CC(C)(C)c1ccc2c(c1)Cc1cc3c(cc1N2c1ccccc1)C1(c2ccccc2-c2ccccc21)c1cc2c(cc1-3)Cc1cc(C(C)(C)C)ccc1N2c1ccccc1. The van der Waals surface area contributed by atoms with Gasteiger partial charge in [-0.05, 0) is 149 Å². The van der Waals surface area contributed by atoms with Crippen LogP contribution in [0.5, 0.6) is 0 Å². The zero-order chi connectivity index (χ0) is 41.4. The van der Waals surface area contributed by atoms with Gasteiger partial charge >= 0.3 is 0 Å². The first kappa shape index (κ1) is 36.2. The summed E-state index contributed by atoms with van der Waals surface area (Å²) in [6.07, 6.45) is 1.77. The second-order valence-electron chi connectivity index (χ2n) is 19.8. The van der Waals surface area contributed by atoms with Crippen LogP contribution in [0, 0.1) is 0 Å². The Bertz CT molecular complexity index is 2890. The molecule has 2 heterocycles. The van der Waals surface area contributed by atoms with Gasteiger partial charge in [0, 0.05) is 35.6 Å². The number of nitrogens with zero attached hydrogens (tertiary/aromatic N) is 2. The first-order valence-corrected chi connectivity index (χ1v) is 22.0. The Labute approximate surface area is 360 Å². The van der Waals surface area contributed by atoms with Gasteiger partial charge < -0.3 is 9.80 Å². The second-order valence-corrected chi connectivity index (χ2v) is 19.8. The van der Waals surface area contributed by atoms with Crippen LogP contribution in [0.1, 0.15) is 97.2 Å². The molecule has 61 heavy (non-hydrogen) atoms. The average Bonchev–Trinajstić information content (AvgIpc) is 3.71. The predicted molar refractivity (Wildman–Crippen MR) is 255 cm³/mol. The third-order valence-electron chi connectivity index (χ3n) is 14.1. The molecule has 0 saturated heterocycles. The van der Waals surface area contributed by atoms with E-state index in [1.165, 1.54) is 112 Å². The van der Waals surface area contributed by atoms with Gasteiger partial charge in [-0.15, -0.1) is 0 Å². The van der Waals surface area contributed by atoms with Crippen LogP contribution in [0.2, 0.25) is 0 Å². The summed E-state index contributed by atoms with van der Waals surface area (Å²) in [7, 11) is 0. The number of anilines is 6. The molecule has 0 saturated carbocycles. The number of hydrogen-bond donors (Lipinski definition) is 0. The minimum atomic E-state index is -0.501. The summed E-state index contributed by atoms with van der Waals surface area (Å²) >= 11 is 0. The maximum atomic E-state index is 2.59. The largest absolute Gasteiger partial charge is 0.310 e. The lowest BCUT2D eigenvalue weighted by molar-refractivity contribution is 0.589. The van der Waals surface area contributed by atoms with E-state index in [2.05, 4.69) is 221 Å². The number of fused-ring (bicyclic) bond motifs is 14. The number of para-hydroxylation sites is 2. The van der Waals surface area contributed by atoms with E-state index in [9.17, 15) is 0 Å². The molecule has 0 fully saturated rings. The van der Waals surface area contributed by atoms with Gasteiger partial charge in [0.15, 0.2) is 0 Å². The average molecular weight is 787 g/mol. The third kappa shape index (κ3) is 5.15. The molecular formula is C59H50N2. The third-order valence-corrected chi connectivity index (χ3v) is 14.1. The standard InChI is InChI=1S/C59H50N2/c1-57(2,3)41-25-27-53-37(31-41)29-39-33-47-48-34-40-30-38-32-42(58(4,5)6)26-28-54(38)61(44-19-11-8-12-20-44)56(40)36-52(48)59(51(47)35-55(39)60(53)43-17-9-7-10-18-43)49-23-15-13-21-45(49)46-22-14-16-24-50(46)59/h7-28,31-36H,29-30H2,1-6H3. The van der Waals surface area contributed by atoms with E-state index in [0.717, 1.165) is 12.8 Å². The Kier molecular flexibility index (Phi) is 7.54. The molecule has 0 radical (unpaired) electrons. The lowest BCUT2D eigenvalue weighted by atomic mass is 9.70. The number of rotatable bonds is 2. The maximum Gasteiger partial charge on any atom is 0.0727 e. The highest BCUT2D eigenvalue weighted by Crippen LogP contribution is 2.65. The first-order chi connectivity index (χ1) is 29.5. The number of hydrogen-bond acceptors (Lipinski definition) is 2. The van der Waals surface area contributed by atoms with Crippen molar-refractivity contribution in [2.45, 2.75) is 70.6 Å². The van der Waals surface area contributed by atoms with Crippen molar-refractivity contribution in [3.63, 3.8) is 0 Å². The van der Waals surface area contributed by atoms with Gasteiger partial charge in [-0.25, -0.2) is 0 Å². The molecule has 12 rings (SSSR count). The van der Waals surface area contributed by atoms with Crippen molar-refractivity contribution < 1.29 is 0 Å². The minimum Gasteiger partial charge on any atom is -0.310 e. The predicted octanol–water partition coefficient (Wildman–Crippen LogP) is 15.4. The van der Waals surface area contributed by atoms with Crippen LogP contribution in [-0.2, 0) is 29.1 Å². The highest BCUT2D eigenvalue weighted by molar-refractivity contribution is 6.00. The van der Waals surface area contributed by atoms with Gasteiger partial charge in [-0.2, -0.15) is 0 Å². The summed E-state index contributed by atoms with van der Waals surface area (Å²) in [6.45, 7) is 13.9. The summed E-state index contributed by atoms with van der Waals surface area (Å²) in [5.74, 6) is 0. The molecule has 0 atom stereocenters. The molecule has 0 N–H and O–H groups in total. The molecule has 1 spiro atoms. The quantitative estimate of drug-likeness (QED) is 0.172. The minimum absolute atomic E-state index is 0.0540. The molecule has 4 aliphatic rings. The van der Waals surface area contributed by atoms with Gasteiger partial charge in [0.2, 0.25) is 0 Å². The fourth-order valence-corrected chi connectivity index (χ4v) is 11.2. The normalized spacial score (nSPS) is 15.0. The molecule has 2 aliphatic carbocycles. The molecule has 2 aliphatic heterocycles. The summed E-state index contributed by atoms with van der Waals surface area (Å²) < 4.78 is 0. The summed E-state index contributed by atoms with van der Waals surface area (Å²) in [4.78, 5) is 5.08. The van der Waals surface area contributed by atoms with Crippen molar-refractivity contribution in [2.75, 3.05) is 9.80 Å². The Morgan fingerprint density at radius 3 is 1.13 bits per heavy atom. The van der Waals surface area contributed by atoms with E-state index in [1.54, 1.807) is 0 Å². The van der Waals surface area contributed by atoms with Gasteiger partial charge in [-0.3, -0.25) is 0 Å². The molecule has 0 unspecified atom stereocenters. The van der Waals surface area contributed by atoms with Crippen molar-refractivity contribution in [1.29, 1.82) is 0 Å². The Morgan fingerprint density at radius 1 is 0.344 bits per heavy atom. The van der Waals surface area contributed by atoms with Crippen molar-refractivity contribution in [3.8, 4) is 22.3 Å². The molecule has 8 aromatic rings. The molecule has 0 bridgehead atoms. The molecule has 2 heteroatoms. The lowest BCUT2D eigenvalue weighted by Crippen LogP contribution is -2.28. The van der Waals surface area contributed by atoms with Gasteiger partial charge in [0.1, 0.15) is 0 Å². The first-order valence-electron chi connectivity index (χ1n) is 22.0. The van der Waals surface area contributed by atoms with E-state index in [-0.39, 0.29) is 10.8 Å². The van der Waals surface area contributed by atoms with Crippen LogP contribution >= 0.6 is 0 Å². The highest BCUT2D eigenvalue weighted by atomic mass is 15.2. The zero-order valence-electron chi connectivity index (χ0n) is 36.0. The van der Waals surface area contributed by atoms with Crippen molar-refractivity contribution >= 4 is 34.1 Å². The van der Waals surface area contributed by atoms with E-state index in [1.807, 2.05) is 0 Å². The maximum absolute atomic E-state index is 2.59. The topological polar surface area (TPSA) is 6.48 Å². The Hall–Kier alpha value is -6.64. The summed E-state index contributed by atoms with van der Waals surface area (Å²) in [5, 5.41) is 0. The van der Waals surface area contributed by atoms with Crippen molar-refractivity contribution in [1.82, 2.24) is 0 Å². The second kappa shape index (κ2) is 12.7. The van der Waals surface area contributed by atoms with Crippen molar-refractivity contribution in [2.24, 2.45) is 0 Å². The fourth-order valence-electron chi connectivity index (χ4n) is 11.2. The smallest absolute Gasteiger partial charge is 0.0727 e.